The fraction of sp³-hybridized carbons (Fsp3) is 0.0769. The van der Waals surface area contributed by atoms with Crippen LogP contribution in [0.5, 0.6) is 0 Å². The Kier molecular flexibility index (Phi) is 3.74. The van der Waals surface area contributed by atoms with E-state index in [1.807, 2.05) is 18.2 Å². The van der Waals surface area contributed by atoms with Crippen LogP contribution in [0, 0.1) is 10.1 Å². The van der Waals surface area contributed by atoms with Crippen molar-refractivity contribution in [3.05, 3.63) is 74.2 Å². The minimum absolute atomic E-state index is 0.0387. The highest BCUT2D eigenvalue weighted by Crippen LogP contribution is 2.31. The lowest BCUT2D eigenvalue weighted by atomic mass is 10.0. The number of nitro groups is 1. The van der Waals surface area contributed by atoms with Crippen LogP contribution in [0.15, 0.2) is 53.0 Å². The first-order valence-electron chi connectivity index (χ1n) is 5.26. The predicted octanol–water partition coefficient (Wildman–Crippen LogP) is 3.44. The zero-order valence-electron chi connectivity index (χ0n) is 9.29. The number of nitrogens with zero attached hydrogens (tertiary/aromatic N) is 1. The van der Waals surface area contributed by atoms with E-state index in [1.54, 1.807) is 18.2 Å². The highest BCUT2D eigenvalue weighted by atomic mass is 79.9. The topological polar surface area (TPSA) is 63.4 Å². The lowest BCUT2D eigenvalue weighted by molar-refractivity contribution is -0.385. The summed E-state index contributed by atoms with van der Waals surface area (Å²) in [4.78, 5) is 10.3. The molecular weight excluding hydrogens is 298 g/mol. The van der Waals surface area contributed by atoms with Gasteiger partial charge in [0, 0.05) is 22.2 Å². The van der Waals surface area contributed by atoms with Crippen LogP contribution in [-0.4, -0.2) is 10.0 Å². The molecule has 0 fully saturated rings. The van der Waals surface area contributed by atoms with Crippen molar-refractivity contribution in [2.75, 3.05) is 0 Å². The Hall–Kier alpha value is -1.72. The van der Waals surface area contributed by atoms with E-state index in [4.69, 9.17) is 0 Å². The molecule has 2 rings (SSSR count). The van der Waals surface area contributed by atoms with Crippen molar-refractivity contribution in [1.29, 1.82) is 0 Å². The number of hydrogen-bond donors (Lipinski definition) is 1. The highest BCUT2D eigenvalue weighted by Gasteiger charge is 2.17. The van der Waals surface area contributed by atoms with E-state index in [1.165, 1.54) is 12.1 Å². The van der Waals surface area contributed by atoms with Crippen LogP contribution in [0.1, 0.15) is 17.2 Å². The number of non-ortho nitro benzene ring substituents is 1. The third-order valence-electron chi connectivity index (χ3n) is 2.60. The van der Waals surface area contributed by atoms with Crippen LogP contribution >= 0.6 is 15.9 Å². The normalized spacial score (nSPS) is 12.1. The Morgan fingerprint density at radius 1 is 1.17 bits per heavy atom. The van der Waals surface area contributed by atoms with Gasteiger partial charge in [-0.2, -0.15) is 0 Å². The molecule has 0 aliphatic rings. The van der Waals surface area contributed by atoms with Gasteiger partial charge in [-0.3, -0.25) is 10.1 Å². The summed E-state index contributed by atoms with van der Waals surface area (Å²) in [7, 11) is 0. The average molecular weight is 308 g/mol. The van der Waals surface area contributed by atoms with Crippen LogP contribution in [0.4, 0.5) is 5.69 Å². The standard InChI is InChI=1S/C13H10BrNO3/c14-12-7-6-10(15(17)18)8-11(12)13(16)9-4-2-1-3-5-9/h1-8,13,16H/t13-/m1/s1. The molecule has 2 aromatic rings. The second kappa shape index (κ2) is 5.29. The van der Waals surface area contributed by atoms with Gasteiger partial charge in [-0.05, 0) is 11.6 Å². The molecule has 0 heterocycles. The van der Waals surface area contributed by atoms with E-state index in [2.05, 4.69) is 15.9 Å². The quantitative estimate of drug-likeness (QED) is 0.698. The number of aliphatic hydroxyl groups is 1. The Balaban J connectivity index is 2.44. The van der Waals surface area contributed by atoms with Gasteiger partial charge >= 0.3 is 0 Å². The first kappa shape index (κ1) is 12.7. The molecule has 0 radical (unpaired) electrons. The number of rotatable bonds is 3. The molecule has 92 valence electrons. The summed E-state index contributed by atoms with van der Waals surface area (Å²) in [5, 5.41) is 21.0. The maximum Gasteiger partial charge on any atom is 0.269 e. The molecule has 5 heteroatoms. The van der Waals surface area contributed by atoms with Crippen molar-refractivity contribution >= 4 is 21.6 Å². The SMILES string of the molecule is O=[N+]([O-])c1ccc(Br)c([C@H](O)c2ccccc2)c1. The Morgan fingerprint density at radius 2 is 1.83 bits per heavy atom. The van der Waals surface area contributed by atoms with E-state index in [0.717, 1.165) is 0 Å². The summed E-state index contributed by atoms with van der Waals surface area (Å²) in [5.74, 6) is 0. The monoisotopic (exact) mass is 307 g/mol. The molecule has 2 aromatic carbocycles. The number of hydrogen-bond acceptors (Lipinski definition) is 3. The summed E-state index contributed by atoms with van der Waals surface area (Å²) in [6.45, 7) is 0. The fourth-order valence-corrected chi connectivity index (χ4v) is 2.13. The Morgan fingerprint density at radius 3 is 2.44 bits per heavy atom. The molecule has 0 saturated carbocycles. The minimum Gasteiger partial charge on any atom is -0.384 e. The summed E-state index contributed by atoms with van der Waals surface area (Å²) in [5.41, 5.74) is 1.14. The van der Waals surface area contributed by atoms with Crippen LogP contribution < -0.4 is 0 Å². The molecule has 0 amide bonds. The molecule has 4 nitrogen and oxygen atoms in total. The van der Waals surface area contributed by atoms with Crippen molar-refractivity contribution < 1.29 is 10.0 Å². The van der Waals surface area contributed by atoms with E-state index in [9.17, 15) is 15.2 Å². The average Bonchev–Trinajstić information content (AvgIpc) is 2.39. The van der Waals surface area contributed by atoms with Gasteiger partial charge in [0.05, 0.1) is 4.92 Å². The van der Waals surface area contributed by atoms with E-state index in [0.29, 0.717) is 15.6 Å². The van der Waals surface area contributed by atoms with Gasteiger partial charge in [0.25, 0.3) is 5.69 Å². The molecule has 0 bridgehead atoms. The van der Waals surface area contributed by atoms with Crippen LogP contribution in [0.25, 0.3) is 0 Å². The molecule has 0 spiro atoms. The van der Waals surface area contributed by atoms with Crippen molar-refractivity contribution in [3.63, 3.8) is 0 Å². The van der Waals surface area contributed by atoms with Crippen molar-refractivity contribution in [3.8, 4) is 0 Å². The van der Waals surface area contributed by atoms with Gasteiger partial charge in [-0.15, -0.1) is 0 Å². The van der Waals surface area contributed by atoms with Gasteiger partial charge < -0.3 is 5.11 Å². The second-order valence-corrected chi connectivity index (χ2v) is 4.63. The molecule has 0 aliphatic carbocycles. The van der Waals surface area contributed by atoms with E-state index < -0.39 is 11.0 Å². The van der Waals surface area contributed by atoms with Gasteiger partial charge in [-0.1, -0.05) is 46.3 Å². The van der Waals surface area contributed by atoms with Gasteiger partial charge in [-0.25, -0.2) is 0 Å². The fourth-order valence-electron chi connectivity index (χ4n) is 1.67. The summed E-state index contributed by atoms with van der Waals surface area (Å²) >= 11 is 3.29. The number of benzene rings is 2. The lowest BCUT2D eigenvalue weighted by Crippen LogP contribution is -2.01. The van der Waals surface area contributed by atoms with Crippen LogP contribution in [-0.2, 0) is 0 Å². The minimum atomic E-state index is -0.888. The lowest BCUT2D eigenvalue weighted by Gasteiger charge is -2.12. The second-order valence-electron chi connectivity index (χ2n) is 3.78. The zero-order chi connectivity index (χ0) is 13.1. The van der Waals surface area contributed by atoms with Crippen molar-refractivity contribution in [2.24, 2.45) is 0 Å². The van der Waals surface area contributed by atoms with Crippen molar-refractivity contribution in [1.82, 2.24) is 0 Å². The van der Waals surface area contributed by atoms with Gasteiger partial charge in [0.2, 0.25) is 0 Å². The number of nitro benzene ring substituents is 1. The molecule has 18 heavy (non-hydrogen) atoms. The van der Waals surface area contributed by atoms with E-state index >= 15 is 0 Å². The molecule has 0 aliphatic heterocycles. The largest absolute Gasteiger partial charge is 0.384 e. The van der Waals surface area contributed by atoms with E-state index in [-0.39, 0.29) is 5.69 Å². The summed E-state index contributed by atoms with van der Waals surface area (Å²) in [6, 6.07) is 13.4. The first-order chi connectivity index (χ1) is 8.59. The molecular formula is C13H10BrNO3. The summed E-state index contributed by atoms with van der Waals surface area (Å²) < 4.78 is 0.643. The molecule has 0 aromatic heterocycles. The van der Waals surface area contributed by atoms with Gasteiger partial charge in [0.15, 0.2) is 0 Å². The first-order valence-corrected chi connectivity index (χ1v) is 6.06. The smallest absolute Gasteiger partial charge is 0.269 e. The Labute approximate surface area is 112 Å². The highest BCUT2D eigenvalue weighted by molar-refractivity contribution is 9.10. The maximum absolute atomic E-state index is 10.7. The third-order valence-corrected chi connectivity index (χ3v) is 3.32. The molecule has 1 N–H and O–H groups in total. The third kappa shape index (κ3) is 2.57. The molecule has 0 unspecified atom stereocenters. The molecule has 0 saturated heterocycles. The van der Waals surface area contributed by atoms with Crippen LogP contribution in [0.2, 0.25) is 0 Å². The predicted molar refractivity (Wildman–Crippen MR) is 71.3 cm³/mol. The van der Waals surface area contributed by atoms with Gasteiger partial charge in [0.1, 0.15) is 6.10 Å². The van der Waals surface area contributed by atoms with Crippen LogP contribution in [0.3, 0.4) is 0 Å². The maximum atomic E-state index is 10.7. The van der Waals surface area contributed by atoms with Crippen molar-refractivity contribution in [2.45, 2.75) is 6.10 Å². The Bertz CT molecular complexity index is 572. The summed E-state index contributed by atoms with van der Waals surface area (Å²) in [6.07, 6.45) is -0.888. The number of halogens is 1. The zero-order valence-corrected chi connectivity index (χ0v) is 10.9. The molecule has 1 atom stereocenters. The number of aliphatic hydroxyl groups excluding tert-OH is 1.